The molecule has 0 aliphatic carbocycles. The molecule has 0 aromatic heterocycles. The maximum atomic E-state index is 12.3. The summed E-state index contributed by atoms with van der Waals surface area (Å²) in [6, 6.07) is 9.08. The van der Waals surface area contributed by atoms with Gasteiger partial charge in [0, 0.05) is 22.9 Å². The molecule has 2 aromatic carbocycles. The number of nitro benzene ring substituents is 1. The van der Waals surface area contributed by atoms with Crippen LogP contribution in [0.15, 0.2) is 36.4 Å². The summed E-state index contributed by atoms with van der Waals surface area (Å²) in [7, 11) is 0. The van der Waals surface area contributed by atoms with E-state index < -0.39 is 10.8 Å². The van der Waals surface area contributed by atoms with E-state index in [9.17, 15) is 19.7 Å². The molecule has 3 rings (SSSR count). The molecule has 0 spiro atoms. The number of benzene rings is 2. The van der Waals surface area contributed by atoms with E-state index in [1.807, 2.05) is 0 Å². The lowest BCUT2D eigenvalue weighted by Crippen LogP contribution is -2.25. The smallest absolute Gasteiger partial charge is 0.274 e. The Hall–Kier alpha value is -3.42. The van der Waals surface area contributed by atoms with Crippen molar-refractivity contribution in [2.45, 2.75) is 6.92 Å². The van der Waals surface area contributed by atoms with E-state index in [0.717, 1.165) is 0 Å². The minimum Gasteiger partial charge on any atom is -0.482 e. The third-order valence-electron chi connectivity index (χ3n) is 3.54. The molecule has 2 amide bonds. The molecule has 1 aliphatic rings. The lowest BCUT2D eigenvalue weighted by atomic mass is 10.1. The predicted octanol–water partition coefficient (Wildman–Crippen LogP) is 2.49. The first-order valence-corrected chi connectivity index (χ1v) is 7.07. The summed E-state index contributed by atoms with van der Waals surface area (Å²) in [5.74, 6) is -0.291. The fourth-order valence-electron chi connectivity index (χ4n) is 2.30. The van der Waals surface area contributed by atoms with E-state index in [2.05, 4.69) is 10.6 Å². The highest BCUT2D eigenvalue weighted by molar-refractivity contribution is 6.05. The Balaban J connectivity index is 1.82. The van der Waals surface area contributed by atoms with Crippen molar-refractivity contribution in [1.29, 1.82) is 0 Å². The van der Waals surface area contributed by atoms with Crippen molar-refractivity contribution >= 4 is 28.9 Å². The number of amides is 2. The molecule has 0 unspecified atom stereocenters. The van der Waals surface area contributed by atoms with Crippen LogP contribution >= 0.6 is 0 Å². The molecule has 1 heterocycles. The van der Waals surface area contributed by atoms with Gasteiger partial charge in [-0.25, -0.2) is 0 Å². The fourth-order valence-corrected chi connectivity index (χ4v) is 2.30. The fraction of sp³-hybridized carbons (Fsp3) is 0.125. The maximum Gasteiger partial charge on any atom is 0.274 e. The molecule has 0 bridgehead atoms. The second-order valence-electron chi connectivity index (χ2n) is 5.26. The first-order chi connectivity index (χ1) is 11.4. The van der Waals surface area contributed by atoms with Crippen molar-refractivity contribution in [1.82, 2.24) is 0 Å². The Morgan fingerprint density at radius 2 is 2.08 bits per heavy atom. The highest BCUT2D eigenvalue weighted by Crippen LogP contribution is 2.29. The van der Waals surface area contributed by atoms with Crippen LogP contribution in [0.2, 0.25) is 0 Å². The molecular weight excluding hydrogens is 314 g/mol. The zero-order valence-electron chi connectivity index (χ0n) is 12.7. The number of aryl methyl sites for hydroxylation is 1. The Morgan fingerprint density at radius 1 is 1.29 bits per heavy atom. The van der Waals surface area contributed by atoms with Crippen molar-refractivity contribution in [3.05, 3.63) is 57.6 Å². The topological polar surface area (TPSA) is 111 Å². The number of carbonyl (C=O) groups is 2. The lowest BCUT2D eigenvalue weighted by molar-refractivity contribution is -0.385. The summed E-state index contributed by atoms with van der Waals surface area (Å²) in [5.41, 5.74) is 1.58. The number of nitrogens with one attached hydrogen (secondary N) is 2. The van der Waals surface area contributed by atoms with E-state index in [1.165, 1.54) is 18.2 Å². The minimum atomic E-state index is -0.500. The van der Waals surface area contributed by atoms with Gasteiger partial charge in [0.15, 0.2) is 6.61 Å². The highest BCUT2D eigenvalue weighted by atomic mass is 16.6. The second kappa shape index (κ2) is 5.99. The Labute approximate surface area is 136 Å². The highest BCUT2D eigenvalue weighted by Gasteiger charge is 2.18. The van der Waals surface area contributed by atoms with Gasteiger partial charge in [-0.3, -0.25) is 19.7 Å². The van der Waals surface area contributed by atoms with Gasteiger partial charge in [0.1, 0.15) is 5.75 Å². The van der Waals surface area contributed by atoms with Crippen LogP contribution in [-0.4, -0.2) is 23.3 Å². The molecule has 8 nitrogen and oxygen atoms in total. The molecule has 0 radical (unpaired) electrons. The number of nitro groups is 1. The van der Waals surface area contributed by atoms with Crippen LogP contribution in [-0.2, 0) is 4.79 Å². The third-order valence-corrected chi connectivity index (χ3v) is 3.54. The Morgan fingerprint density at radius 3 is 2.83 bits per heavy atom. The van der Waals surface area contributed by atoms with Crippen molar-refractivity contribution in [2.75, 3.05) is 17.2 Å². The number of hydrogen-bond acceptors (Lipinski definition) is 5. The molecule has 8 heteroatoms. The van der Waals surface area contributed by atoms with Crippen molar-refractivity contribution in [2.24, 2.45) is 0 Å². The van der Waals surface area contributed by atoms with Gasteiger partial charge < -0.3 is 15.4 Å². The van der Waals surface area contributed by atoms with Gasteiger partial charge >= 0.3 is 0 Å². The quantitative estimate of drug-likeness (QED) is 0.664. The van der Waals surface area contributed by atoms with Crippen LogP contribution in [0, 0.1) is 17.0 Å². The molecule has 2 N–H and O–H groups in total. The van der Waals surface area contributed by atoms with Crippen LogP contribution in [0.5, 0.6) is 5.75 Å². The van der Waals surface area contributed by atoms with Gasteiger partial charge in [-0.15, -0.1) is 0 Å². The van der Waals surface area contributed by atoms with Crippen LogP contribution < -0.4 is 15.4 Å². The van der Waals surface area contributed by atoms with Gasteiger partial charge in [0.05, 0.1) is 10.6 Å². The zero-order chi connectivity index (χ0) is 17.3. The SMILES string of the molecule is Cc1ccc(NC(=O)c2ccc3c(c2)OCC(=O)N3)cc1[N+](=O)[O-]. The summed E-state index contributed by atoms with van der Waals surface area (Å²) in [6.45, 7) is 1.51. The molecule has 0 atom stereocenters. The van der Waals surface area contributed by atoms with Crippen molar-refractivity contribution in [3.8, 4) is 5.75 Å². The van der Waals surface area contributed by atoms with E-state index in [-0.39, 0.29) is 18.2 Å². The van der Waals surface area contributed by atoms with E-state index in [0.29, 0.717) is 28.3 Å². The Bertz CT molecular complexity index is 863. The zero-order valence-corrected chi connectivity index (χ0v) is 12.7. The summed E-state index contributed by atoms with van der Waals surface area (Å²) >= 11 is 0. The maximum absolute atomic E-state index is 12.3. The van der Waals surface area contributed by atoms with Crippen LogP contribution in [0.25, 0.3) is 0 Å². The first-order valence-electron chi connectivity index (χ1n) is 7.07. The summed E-state index contributed by atoms with van der Waals surface area (Å²) in [6.07, 6.45) is 0. The number of hydrogen-bond donors (Lipinski definition) is 2. The van der Waals surface area contributed by atoms with Crippen LogP contribution in [0.1, 0.15) is 15.9 Å². The minimum absolute atomic E-state index is 0.0655. The second-order valence-corrected chi connectivity index (χ2v) is 5.26. The first kappa shape index (κ1) is 15.5. The molecule has 0 fully saturated rings. The molecule has 2 aromatic rings. The van der Waals surface area contributed by atoms with Gasteiger partial charge in [0.25, 0.3) is 17.5 Å². The largest absolute Gasteiger partial charge is 0.482 e. The normalized spacial score (nSPS) is 12.6. The predicted molar refractivity (Wildman–Crippen MR) is 86.4 cm³/mol. The van der Waals surface area contributed by atoms with Crippen LogP contribution in [0.4, 0.5) is 17.1 Å². The molecule has 24 heavy (non-hydrogen) atoms. The Kier molecular flexibility index (Phi) is 3.87. The number of anilines is 2. The van der Waals surface area contributed by atoms with Gasteiger partial charge in [0.2, 0.25) is 0 Å². The summed E-state index contributed by atoms with van der Waals surface area (Å²) in [4.78, 5) is 34.0. The van der Waals surface area contributed by atoms with Crippen LogP contribution in [0.3, 0.4) is 0 Å². The molecule has 0 saturated carbocycles. The number of rotatable bonds is 3. The molecule has 122 valence electrons. The van der Waals surface area contributed by atoms with Crippen molar-refractivity contribution < 1.29 is 19.2 Å². The molecule has 1 aliphatic heterocycles. The average Bonchev–Trinajstić information content (AvgIpc) is 2.55. The van der Waals surface area contributed by atoms with E-state index in [1.54, 1.807) is 25.1 Å². The third kappa shape index (κ3) is 3.02. The van der Waals surface area contributed by atoms with Gasteiger partial charge in [-0.1, -0.05) is 6.07 Å². The standard InChI is InChI=1S/C16H13N3O5/c1-9-2-4-11(7-13(9)19(22)23)17-16(21)10-3-5-12-14(6-10)24-8-15(20)18-12/h2-7H,8H2,1H3,(H,17,21)(H,18,20). The monoisotopic (exact) mass is 327 g/mol. The van der Waals surface area contributed by atoms with E-state index >= 15 is 0 Å². The van der Waals surface area contributed by atoms with Gasteiger partial charge in [-0.2, -0.15) is 0 Å². The number of nitrogens with zero attached hydrogens (tertiary/aromatic N) is 1. The number of fused-ring (bicyclic) bond motifs is 1. The molecular formula is C16H13N3O5. The number of ether oxygens (including phenoxy) is 1. The van der Waals surface area contributed by atoms with E-state index in [4.69, 9.17) is 4.74 Å². The average molecular weight is 327 g/mol. The number of carbonyl (C=O) groups excluding carboxylic acids is 2. The summed E-state index contributed by atoms with van der Waals surface area (Å²) in [5, 5.41) is 16.2. The molecule has 0 saturated heterocycles. The van der Waals surface area contributed by atoms with Gasteiger partial charge in [-0.05, 0) is 31.2 Å². The lowest BCUT2D eigenvalue weighted by Gasteiger charge is -2.18. The van der Waals surface area contributed by atoms with Crippen molar-refractivity contribution in [3.63, 3.8) is 0 Å². The summed E-state index contributed by atoms with van der Waals surface area (Å²) < 4.78 is 5.26.